The summed E-state index contributed by atoms with van der Waals surface area (Å²) in [4.78, 5) is 2.44. The lowest BCUT2D eigenvalue weighted by atomic mass is 9.98. The van der Waals surface area contributed by atoms with E-state index in [1.807, 2.05) is 0 Å². The quantitative estimate of drug-likeness (QED) is 0.797. The predicted molar refractivity (Wildman–Crippen MR) is 82.9 cm³/mol. The zero-order chi connectivity index (χ0) is 15.1. The summed E-state index contributed by atoms with van der Waals surface area (Å²) in [5.41, 5.74) is 1.000. The van der Waals surface area contributed by atoms with Crippen LogP contribution in [0.4, 0.5) is 0 Å². The fourth-order valence-electron chi connectivity index (χ4n) is 2.77. The highest BCUT2D eigenvalue weighted by Gasteiger charge is 2.20. The maximum Gasteiger partial charge on any atom is 0.151 e. The first kappa shape index (κ1) is 16.5. The van der Waals surface area contributed by atoms with Crippen LogP contribution in [0.25, 0.3) is 0 Å². The smallest absolute Gasteiger partial charge is 0.151 e. The maximum absolute atomic E-state index is 5.44. The molecule has 1 aromatic rings. The Hall–Kier alpha value is -0.910. The molecule has 5 nitrogen and oxygen atoms in total. The van der Waals surface area contributed by atoms with E-state index in [1.54, 1.807) is 7.11 Å². The molecule has 0 amide bonds. The number of hydrogen-bond acceptors (Lipinski definition) is 5. The summed E-state index contributed by atoms with van der Waals surface area (Å²) in [6.45, 7) is 10.2. The van der Waals surface area contributed by atoms with Crippen molar-refractivity contribution in [2.75, 3.05) is 33.4 Å². The molecule has 1 saturated heterocycles. The Bertz CT molecular complexity index is 398. The van der Waals surface area contributed by atoms with Crippen LogP contribution in [0.5, 0.6) is 0 Å². The highest BCUT2D eigenvalue weighted by molar-refractivity contribution is 5.05. The molecule has 1 aliphatic heterocycles. The molecule has 0 radical (unpaired) electrons. The monoisotopic (exact) mass is 295 g/mol. The first-order chi connectivity index (χ1) is 10.2. The lowest BCUT2D eigenvalue weighted by Crippen LogP contribution is -2.34. The van der Waals surface area contributed by atoms with Gasteiger partial charge in [-0.2, -0.15) is 0 Å². The van der Waals surface area contributed by atoms with Crippen LogP contribution in [0.2, 0.25) is 0 Å². The highest BCUT2D eigenvalue weighted by atomic mass is 16.5. The van der Waals surface area contributed by atoms with Crippen molar-refractivity contribution in [1.82, 2.24) is 15.4 Å². The molecule has 1 aliphatic rings. The van der Waals surface area contributed by atoms with Crippen molar-refractivity contribution < 1.29 is 9.26 Å². The number of aromatic nitrogens is 1. The standard InChI is InChI=1S/C16H29N3O2/c1-13(2)9-17-10-15-8-16(21-18-15)11-19-6-4-14(5-7-19)12-20-3/h8,13-14,17H,4-7,9-12H2,1-3H3. The SMILES string of the molecule is COCC1CCN(Cc2cc(CNCC(C)C)no2)CC1. The molecule has 2 rings (SSSR count). The topological polar surface area (TPSA) is 50.5 Å². The van der Waals surface area contributed by atoms with E-state index in [4.69, 9.17) is 9.26 Å². The fourth-order valence-corrected chi connectivity index (χ4v) is 2.77. The molecule has 21 heavy (non-hydrogen) atoms. The molecule has 0 unspecified atom stereocenters. The molecule has 0 bridgehead atoms. The molecule has 2 heterocycles. The highest BCUT2D eigenvalue weighted by Crippen LogP contribution is 2.19. The van der Waals surface area contributed by atoms with Crippen LogP contribution in [0.3, 0.4) is 0 Å². The number of ether oxygens (including phenoxy) is 1. The summed E-state index contributed by atoms with van der Waals surface area (Å²) in [6, 6.07) is 2.08. The van der Waals surface area contributed by atoms with Crippen LogP contribution in [-0.4, -0.2) is 43.4 Å². The van der Waals surface area contributed by atoms with Gasteiger partial charge in [-0.05, 0) is 44.3 Å². The van der Waals surface area contributed by atoms with Crippen molar-refractivity contribution in [1.29, 1.82) is 0 Å². The number of rotatable bonds is 8. The molecular weight excluding hydrogens is 266 g/mol. The normalized spacial score (nSPS) is 17.7. The molecule has 1 aromatic heterocycles. The van der Waals surface area contributed by atoms with E-state index in [0.29, 0.717) is 5.92 Å². The number of hydrogen-bond donors (Lipinski definition) is 1. The molecule has 0 atom stereocenters. The van der Waals surface area contributed by atoms with Crippen LogP contribution >= 0.6 is 0 Å². The van der Waals surface area contributed by atoms with Crippen molar-refractivity contribution in [2.45, 2.75) is 39.8 Å². The van der Waals surface area contributed by atoms with Gasteiger partial charge in [-0.25, -0.2) is 0 Å². The number of methoxy groups -OCH3 is 1. The third kappa shape index (κ3) is 5.77. The molecule has 5 heteroatoms. The van der Waals surface area contributed by atoms with Crippen molar-refractivity contribution in [3.8, 4) is 0 Å². The Morgan fingerprint density at radius 3 is 2.86 bits per heavy atom. The number of piperidine rings is 1. The summed E-state index contributed by atoms with van der Waals surface area (Å²) < 4.78 is 10.7. The maximum atomic E-state index is 5.44. The van der Waals surface area contributed by atoms with Crippen molar-refractivity contribution in [3.63, 3.8) is 0 Å². The minimum atomic E-state index is 0.657. The van der Waals surface area contributed by atoms with E-state index >= 15 is 0 Å². The van der Waals surface area contributed by atoms with Gasteiger partial charge in [0, 0.05) is 26.3 Å². The Kier molecular flexibility index (Phi) is 6.67. The van der Waals surface area contributed by atoms with Crippen LogP contribution in [0.1, 0.15) is 38.1 Å². The Balaban J connectivity index is 1.70. The Morgan fingerprint density at radius 1 is 1.43 bits per heavy atom. The summed E-state index contributed by atoms with van der Waals surface area (Å²) in [6.07, 6.45) is 2.43. The van der Waals surface area contributed by atoms with Crippen LogP contribution < -0.4 is 5.32 Å². The average molecular weight is 295 g/mol. The zero-order valence-corrected chi connectivity index (χ0v) is 13.6. The Labute approximate surface area is 128 Å². The van der Waals surface area contributed by atoms with Gasteiger partial charge in [0.05, 0.1) is 12.2 Å². The van der Waals surface area contributed by atoms with Gasteiger partial charge in [0.25, 0.3) is 0 Å². The molecule has 1 fully saturated rings. The summed E-state index contributed by atoms with van der Waals surface area (Å²) in [5, 5.41) is 7.53. The summed E-state index contributed by atoms with van der Waals surface area (Å²) in [5.74, 6) is 2.35. The van der Waals surface area contributed by atoms with E-state index < -0.39 is 0 Å². The second kappa shape index (κ2) is 8.51. The van der Waals surface area contributed by atoms with Crippen LogP contribution in [0.15, 0.2) is 10.6 Å². The minimum Gasteiger partial charge on any atom is -0.384 e. The average Bonchev–Trinajstić information content (AvgIpc) is 2.88. The van der Waals surface area contributed by atoms with Gasteiger partial charge in [-0.15, -0.1) is 0 Å². The summed E-state index contributed by atoms with van der Waals surface area (Å²) >= 11 is 0. The predicted octanol–water partition coefficient (Wildman–Crippen LogP) is 2.28. The number of likely N-dealkylation sites (tertiary alicyclic amines) is 1. The van der Waals surface area contributed by atoms with E-state index in [9.17, 15) is 0 Å². The van der Waals surface area contributed by atoms with Gasteiger partial charge in [-0.3, -0.25) is 4.90 Å². The fraction of sp³-hybridized carbons (Fsp3) is 0.812. The van der Waals surface area contributed by atoms with Gasteiger partial charge < -0.3 is 14.6 Å². The van der Waals surface area contributed by atoms with Crippen molar-refractivity contribution in [2.24, 2.45) is 11.8 Å². The molecule has 120 valence electrons. The van der Waals surface area contributed by atoms with E-state index in [0.717, 1.165) is 56.7 Å². The van der Waals surface area contributed by atoms with Crippen LogP contribution in [0, 0.1) is 11.8 Å². The van der Waals surface area contributed by atoms with Gasteiger partial charge in [0.1, 0.15) is 0 Å². The molecule has 1 N–H and O–H groups in total. The molecular formula is C16H29N3O2. The second-order valence-electron chi connectivity index (χ2n) is 6.48. The third-order valence-corrected chi connectivity index (χ3v) is 3.96. The second-order valence-corrected chi connectivity index (χ2v) is 6.48. The zero-order valence-electron chi connectivity index (χ0n) is 13.6. The first-order valence-corrected chi connectivity index (χ1v) is 8.04. The lowest BCUT2D eigenvalue weighted by Gasteiger charge is -2.30. The summed E-state index contributed by atoms with van der Waals surface area (Å²) in [7, 11) is 1.79. The van der Waals surface area contributed by atoms with Gasteiger partial charge in [-0.1, -0.05) is 19.0 Å². The molecule has 0 saturated carbocycles. The first-order valence-electron chi connectivity index (χ1n) is 8.04. The number of nitrogens with zero attached hydrogens (tertiary/aromatic N) is 2. The minimum absolute atomic E-state index is 0.657. The molecule has 0 aromatic carbocycles. The van der Waals surface area contributed by atoms with E-state index in [1.165, 1.54) is 12.8 Å². The van der Waals surface area contributed by atoms with Gasteiger partial charge in [0.2, 0.25) is 0 Å². The van der Waals surface area contributed by atoms with Crippen molar-refractivity contribution >= 4 is 0 Å². The largest absolute Gasteiger partial charge is 0.384 e. The Morgan fingerprint density at radius 2 is 2.19 bits per heavy atom. The number of nitrogens with one attached hydrogen (secondary N) is 1. The third-order valence-electron chi connectivity index (χ3n) is 3.96. The van der Waals surface area contributed by atoms with Gasteiger partial charge in [0.15, 0.2) is 5.76 Å². The molecule has 0 spiro atoms. The van der Waals surface area contributed by atoms with E-state index in [2.05, 4.69) is 35.3 Å². The van der Waals surface area contributed by atoms with Gasteiger partial charge >= 0.3 is 0 Å². The molecule has 0 aliphatic carbocycles. The van der Waals surface area contributed by atoms with Crippen molar-refractivity contribution in [3.05, 3.63) is 17.5 Å². The van der Waals surface area contributed by atoms with Crippen LogP contribution in [-0.2, 0) is 17.8 Å². The van der Waals surface area contributed by atoms with E-state index in [-0.39, 0.29) is 0 Å². The lowest BCUT2D eigenvalue weighted by molar-refractivity contribution is 0.0928.